The van der Waals surface area contributed by atoms with Crippen LogP contribution in [0.1, 0.15) is 22.8 Å². The molecule has 0 aliphatic carbocycles. The molecule has 0 saturated carbocycles. The number of anilines is 1. The molecule has 0 saturated heterocycles. The molecule has 0 heterocycles. The summed E-state index contributed by atoms with van der Waals surface area (Å²) in [5, 5.41) is 9.11. The van der Waals surface area contributed by atoms with Crippen LogP contribution in [0.3, 0.4) is 0 Å². The van der Waals surface area contributed by atoms with Crippen molar-refractivity contribution >= 4 is 11.7 Å². The summed E-state index contributed by atoms with van der Waals surface area (Å²) >= 11 is 0. The van der Waals surface area contributed by atoms with Crippen LogP contribution < -0.4 is 10.5 Å². The first kappa shape index (κ1) is 14.9. The van der Waals surface area contributed by atoms with Crippen molar-refractivity contribution in [1.82, 2.24) is 0 Å². The zero-order valence-electron chi connectivity index (χ0n) is 11.7. The van der Waals surface area contributed by atoms with Gasteiger partial charge >= 0.3 is 5.97 Å². The van der Waals surface area contributed by atoms with Crippen LogP contribution in [-0.4, -0.2) is 17.7 Å². The summed E-state index contributed by atoms with van der Waals surface area (Å²) < 4.78 is 10.6. The topological polar surface area (TPSA) is 81.8 Å². The number of nitrogen functional groups attached to an aromatic ring is 1. The van der Waals surface area contributed by atoms with Gasteiger partial charge in [-0.05, 0) is 42.8 Å². The zero-order chi connectivity index (χ0) is 15.2. The Hall–Kier alpha value is -2.53. The van der Waals surface area contributed by atoms with E-state index in [2.05, 4.69) is 0 Å². The van der Waals surface area contributed by atoms with E-state index < -0.39 is 5.97 Å². The summed E-state index contributed by atoms with van der Waals surface area (Å²) in [6.45, 7) is 1.95. The first-order chi connectivity index (χ1) is 10.1. The van der Waals surface area contributed by atoms with Gasteiger partial charge in [0, 0.05) is 5.69 Å². The first-order valence-electron chi connectivity index (χ1n) is 6.58. The van der Waals surface area contributed by atoms with Gasteiger partial charge in [-0.3, -0.25) is 0 Å². The van der Waals surface area contributed by atoms with E-state index in [9.17, 15) is 4.79 Å². The standard InChI is InChI=1S/C16H17NO4/c1-2-20-16(19)14-9-13(6-7-15(14)17)21-12-5-3-4-11(8-12)10-18/h3-9,18H,2,10,17H2,1H3. The highest BCUT2D eigenvalue weighted by molar-refractivity contribution is 5.95. The summed E-state index contributed by atoms with van der Waals surface area (Å²) in [5.41, 5.74) is 7.12. The van der Waals surface area contributed by atoms with Gasteiger partial charge < -0.3 is 20.3 Å². The molecular formula is C16H17NO4. The summed E-state index contributed by atoms with van der Waals surface area (Å²) in [5.74, 6) is 0.563. The number of aliphatic hydroxyl groups is 1. The minimum atomic E-state index is -0.482. The predicted molar refractivity (Wildman–Crippen MR) is 79.2 cm³/mol. The van der Waals surface area contributed by atoms with Crippen LogP contribution in [0.4, 0.5) is 5.69 Å². The molecule has 0 aliphatic heterocycles. The van der Waals surface area contributed by atoms with Gasteiger partial charge in [-0.1, -0.05) is 12.1 Å². The van der Waals surface area contributed by atoms with Gasteiger partial charge in [0.25, 0.3) is 0 Å². The number of carbonyl (C=O) groups is 1. The maximum atomic E-state index is 11.8. The number of hydrogen-bond acceptors (Lipinski definition) is 5. The van der Waals surface area contributed by atoms with Crippen LogP contribution in [0.15, 0.2) is 42.5 Å². The lowest BCUT2D eigenvalue weighted by atomic mass is 10.1. The Labute approximate surface area is 122 Å². The van der Waals surface area contributed by atoms with Gasteiger partial charge in [0.1, 0.15) is 11.5 Å². The highest BCUT2D eigenvalue weighted by Gasteiger charge is 2.12. The average molecular weight is 287 g/mol. The third kappa shape index (κ3) is 3.73. The Morgan fingerprint density at radius 3 is 2.67 bits per heavy atom. The second kappa shape index (κ2) is 6.76. The van der Waals surface area contributed by atoms with Gasteiger partial charge in [0.15, 0.2) is 0 Å². The van der Waals surface area contributed by atoms with Crippen molar-refractivity contribution in [3.63, 3.8) is 0 Å². The Balaban J connectivity index is 2.24. The second-order valence-corrected chi connectivity index (χ2v) is 4.38. The zero-order valence-corrected chi connectivity index (χ0v) is 11.7. The van der Waals surface area contributed by atoms with Crippen LogP contribution in [0.5, 0.6) is 11.5 Å². The molecule has 3 N–H and O–H groups in total. The summed E-state index contributed by atoms with van der Waals surface area (Å²) in [6.07, 6.45) is 0. The molecule has 5 heteroatoms. The number of aliphatic hydroxyl groups excluding tert-OH is 1. The normalized spacial score (nSPS) is 10.2. The number of benzene rings is 2. The van der Waals surface area contributed by atoms with Crippen molar-refractivity contribution in [2.45, 2.75) is 13.5 Å². The molecule has 0 amide bonds. The third-order valence-electron chi connectivity index (χ3n) is 2.84. The van der Waals surface area contributed by atoms with E-state index in [0.717, 1.165) is 5.56 Å². The van der Waals surface area contributed by atoms with Gasteiger partial charge in [-0.15, -0.1) is 0 Å². The predicted octanol–water partition coefficient (Wildman–Crippen LogP) is 2.73. The van der Waals surface area contributed by atoms with E-state index in [1.807, 2.05) is 0 Å². The molecule has 0 unspecified atom stereocenters. The SMILES string of the molecule is CCOC(=O)c1cc(Oc2cccc(CO)c2)ccc1N. The summed E-state index contributed by atoms with van der Waals surface area (Å²) in [4.78, 5) is 11.8. The van der Waals surface area contributed by atoms with Crippen LogP contribution in [0.2, 0.25) is 0 Å². The van der Waals surface area contributed by atoms with Crippen molar-refractivity contribution in [2.24, 2.45) is 0 Å². The molecule has 0 aromatic heterocycles. The summed E-state index contributed by atoms with van der Waals surface area (Å²) in [6, 6.07) is 11.9. The van der Waals surface area contributed by atoms with E-state index in [4.69, 9.17) is 20.3 Å². The minimum Gasteiger partial charge on any atom is -0.462 e. The Morgan fingerprint density at radius 2 is 1.95 bits per heavy atom. The van der Waals surface area contributed by atoms with Gasteiger partial charge in [0.2, 0.25) is 0 Å². The molecular weight excluding hydrogens is 270 g/mol. The Bertz CT molecular complexity index is 640. The average Bonchev–Trinajstić information content (AvgIpc) is 2.49. The van der Waals surface area contributed by atoms with Crippen molar-refractivity contribution < 1.29 is 19.4 Å². The molecule has 0 bridgehead atoms. The highest BCUT2D eigenvalue weighted by atomic mass is 16.5. The number of carbonyl (C=O) groups excluding carboxylic acids is 1. The van der Waals surface area contributed by atoms with Crippen molar-refractivity contribution in [3.8, 4) is 11.5 Å². The fraction of sp³-hybridized carbons (Fsp3) is 0.188. The van der Waals surface area contributed by atoms with Gasteiger partial charge in [-0.2, -0.15) is 0 Å². The molecule has 2 aromatic carbocycles. The maximum Gasteiger partial charge on any atom is 0.340 e. The van der Waals surface area contributed by atoms with Crippen molar-refractivity contribution in [2.75, 3.05) is 12.3 Å². The van der Waals surface area contributed by atoms with Crippen LogP contribution in [0.25, 0.3) is 0 Å². The van der Waals surface area contributed by atoms with Gasteiger partial charge in [-0.25, -0.2) is 4.79 Å². The van der Waals surface area contributed by atoms with E-state index in [1.165, 1.54) is 0 Å². The molecule has 0 fully saturated rings. The number of esters is 1. The smallest absolute Gasteiger partial charge is 0.340 e. The molecule has 21 heavy (non-hydrogen) atoms. The van der Waals surface area contributed by atoms with Crippen molar-refractivity contribution in [1.29, 1.82) is 0 Å². The molecule has 0 radical (unpaired) electrons. The lowest BCUT2D eigenvalue weighted by molar-refractivity contribution is 0.0527. The minimum absolute atomic E-state index is 0.0625. The van der Waals surface area contributed by atoms with Gasteiger partial charge in [0.05, 0.1) is 18.8 Å². The molecule has 2 rings (SSSR count). The number of nitrogens with two attached hydrogens (primary N) is 1. The van der Waals surface area contributed by atoms with E-state index in [0.29, 0.717) is 17.2 Å². The lowest BCUT2D eigenvalue weighted by Gasteiger charge is -2.10. The van der Waals surface area contributed by atoms with Crippen LogP contribution in [-0.2, 0) is 11.3 Å². The molecule has 2 aromatic rings. The highest BCUT2D eigenvalue weighted by Crippen LogP contribution is 2.26. The monoisotopic (exact) mass is 287 g/mol. The molecule has 110 valence electrons. The van der Waals surface area contributed by atoms with Crippen molar-refractivity contribution in [3.05, 3.63) is 53.6 Å². The van der Waals surface area contributed by atoms with Crippen LogP contribution >= 0.6 is 0 Å². The van der Waals surface area contributed by atoms with Crippen LogP contribution in [0, 0.1) is 0 Å². The quantitative estimate of drug-likeness (QED) is 0.652. The molecule has 0 atom stereocenters. The van der Waals surface area contributed by atoms with E-state index in [-0.39, 0.29) is 18.8 Å². The summed E-state index contributed by atoms with van der Waals surface area (Å²) in [7, 11) is 0. The molecule has 5 nitrogen and oxygen atoms in total. The first-order valence-corrected chi connectivity index (χ1v) is 6.58. The largest absolute Gasteiger partial charge is 0.462 e. The maximum absolute atomic E-state index is 11.8. The fourth-order valence-corrected chi connectivity index (χ4v) is 1.83. The number of ether oxygens (including phenoxy) is 2. The second-order valence-electron chi connectivity index (χ2n) is 4.38. The fourth-order valence-electron chi connectivity index (χ4n) is 1.83. The molecule has 0 spiro atoms. The molecule has 0 aliphatic rings. The number of rotatable bonds is 5. The third-order valence-corrected chi connectivity index (χ3v) is 2.84. The lowest BCUT2D eigenvalue weighted by Crippen LogP contribution is -2.08. The number of hydrogen-bond donors (Lipinski definition) is 2. The van der Waals surface area contributed by atoms with E-state index >= 15 is 0 Å². The Kier molecular flexibility index (Phi) is 4.79. The van der Waals surface area contributed by atoms with E-state index in [1.54, 1.807) is 49.4 Å². The Morgan fingerprint density at radius 1 is 1.19 bits per heavy atom.